The molecule has 1 heterocycles. The lowest BCUT2D eigenvalue weighted by atomic mass is 9.94. The number of fused-ring (bicyclic) bond motifs is 1. The van der Waals surface area contributed by atoms with Gasteiger partial charge in [-0.2, -0.15) is 0 Å². The Morgan fingerprint density at radius 2 is 1.81 bits per heavy atom. The average molecular weight is 283 g/mol. The van der Waals surface area contributed by atoms with E-state index in [1.807, 2.05) is 55.5 Å². The number of nitrogens with one attached hydrogen (secondary N) is 1. The van der Waals surface area contributed by atoms with E-state index in [0.717, 1.165) is 16.9 Å². The van der Waals surface area contributed by atoms with Crippen LogP contribution in [0.4, 0.5) is 0 Å². The molecule has 0 radical (unpaired) electrons. The van der Waals surface area contributed by atoms with Crippen LogP contribution < -0.4 is 10.1 Å². The van der Waals surface area contributed by atoms with Crippen LogP contribution in [-0.4, -0.2) is 19.6 Å². The van der Waals surface area contributed by atoms with Crippen molar-refractivity contribution in [1.82, 2.24) is 5.32 Å². The summed E-state index contributed by atoms with van der Waals surface area (Å²) in [5.41, 5.74) is 1.46. The second-order valence-corrected chi connectivity index (χ2v) is 4.84. The highest BCUT2D eigenvalue weighted by atomic mass is 16.5. The lowest BCUT2D eigenvalue weighted by molar-refractivity contribution is -0.0256. The molecule has 1 atom stereocenters. The molecule has 0 fully saturated rings. The van der Waals surface area contributed by atoms with Gasteiger partial charge in [0, 0.05) is 23.3 Å². The maximum Gasteiger partial charge on any atom is 0.254 e. The van der Waals surface area contributed by atoms with Crippen molar-refractivity contribution >= 4 is 5.91 Å². The van der Waals surface area contributed by atoms with Crippen molar-refractivity contribution in [2.24, 2.45) is 0 Å². The van der Waals surface area contributed by atoms with Crippen molar-refractivity contribution in [3.8, 4) is 5.75 Å². The summed E-state index contributed by atoms with van der Waals surface area (Å²) >= 11 is 0. The molecule has 1 unspecified atom stereocenters. The minimum atomic E-state index is -0.922. The summed E-state index contributed by atoms with van der Waals surface area (Å²) in [7, 11) is 1.62. The molecule has 3 rings (SSSR count). The van der Waals surface area contributed by atoms with Crippen LogP contribution in [0.15, 0.2) is 48.5 Å². The van der Waals surface area contributed by atoms with E-state index in [0.29, 0.717) is 12.2 Å². The van der Waals surface area contributed by atoms with Crippen molar-refractivity contribution in [3.05, 3.63) is 65.2 Å². The van der Waals surface area contributed by atoms with E-state index in [1.54, 1.807) is 7.11 Å². The van der Waals surface area contributed by atoms with Gasteiger partial charge in [-0.1, -0.05) is 30.3 Å². The molecule has 0 saturated heterocycles. The number of rotatable bonds is 4. The van der Waals surface area contributed by atoms with E-state index < -0.39 is 5.72 Å². The zero-order valence-electron chi connectivity index (χ0n) is 12.1. The number of benzene rings is 2. The number of carbonyl (C=O) groups excluding carboxylic acids is 1. The van der Waals surface area contributed by atoms with Gasteiger partial charge in [0.1, 0.15) is 5.75 Å². The first-order valence-corrected chi connectivity index (χ1v) is 6.92. The van der Waals surface area contributed by atoms with Gasteiger partial charge in [0.2, 0.25) is 0 Å². The highest BCUT2D eigenvalue weighted by Gasteiger charge is 2.45. The van der Waals surface area contributed by atoms with Crippen molar-refractivity contribution in [3.63, 3.8) is 0 Å². The molecule has 0 saturated carbocycles. The number of amides is 1. The first kappa shape index (κ1) is 13.6. The fourth-order valence-corrected chi connectivity index (χ4v) is 2.75. The summed E-state index contributed by atoms with van der Waals surface area (Å²) in [6.45, 7) is 2.40. The van der Waals surface area contributed by atoms with Gasteiger partial charge in [-0.15, -0.1) is 0 Å². The summed E-state index contributed by atoms with van der Waals surface area (Å²) in [6.07, 6.45) is 0. The third-order valence-corrected chi connectivity index (χ3v) is 3.70. The van der Waals surface area contributed by atoms with Crippen LogP contribution in [0.25, 0.3) is 0 Å². The van der Waals surface area contributed by atoms with Crippen LogP contribution in [0.2, 0.25) is 0 Å². The van der Waals surface area contributed by atoms with Gasteiger partial charge in [-0.25, -0.2) is 0 Å². The van der Waals surface area contributed by atoms with Crippen molar-refractivity contribution in [2.45, 2.75) is 12.6 Å². The monoisotopic (exact) mass is 283 g/mol. The largest absolute Gasteiger partial charge is 0.497 e. The number of hydrogen-bond donors (Lipinski definition) is 1. The highest BCUT2D eigenvalue weighted by Crippen LogP contribution is 2.38. The summed E-state index contributed by atoms with van der Waals surface area (Å²) in [4.78, 5) is 12.2. The minimum Gasteiger partial charge on any atom is -0.497 e. The van der Waals surface area contributed by atoms with E-state index in [2.05, 4.69) is 5.32 Å². The van der Waals surface area contributed by atoms with Gasteiger partial charge >= 0.3 is 0 Å². The topological polar surface area (TPSA) is 47.6 Å². The van der Waals surface area contributed by atoms with E-state index in [4.69, 9.17) is 9.47 Å². The number of methoxy groups -OCH3 is 1. The number of hydrogen-bond acceptors (Lipinski definition) is 3. The first-order chi connectivity index (χ1) is 10.2. The SMILES string of the molecule is CCOC1(c2ccc(OC)cc2)NC(=O)c2ccccc21. The molecule has 2 aromatic carbocycles. The fraction of sp³-hybridized carbons (Fsp3) is 0.235. The molecule has 0 spiro atoms. The van der Waals surface area contributed by atoms with Gasteiger partial charge in [-0.05, 0) is 25.1 Å². The van der Waals surface area contributed by atoms with Crippen LogP contribution in [0.1, 0.15) is 28.4 Å². The summed E-state index contributed by atoms with van der Waals surface area (Å²) in [5.74, 6) is 0.651. The summed E-state index contributed by atoms with van der Waals surface area (Å²) in [5, 5.41) is 2.99. The lowest BCUT2D eigenvalue weighted by Crippen LogP contribution is -2.43. The second kappa shape index (κ2) is 5.22. The molecule has 1 aliphatic rings. The molecule has 4 heteroatoms. The molecular formula is C17H17NO3. The Morgan fingerprint density at radius 1 is 1.10 bits per heavy atom. The number of carbonyl (C=O) groups is 1. The average Bonchev–Trinajstić information content (AvgIpc) is 2.82. The normalized spacial score (nSPS) is 20.0. The van der Waals surface area contributed by atoms with E-state index in [1.165, 1.54) is 0 Å². The van der Waals surface area contributed by atoms with Crippen LogP contribution in [0.5, 0.6) is 5.75 Å². The van der Waals surface area contributed by atoms with Crippen molar-refractivity contribution < 1.29 is 14.3 Å². The van der Waals surface area contributed by atoms with Gasteiger partial charge in [-0.3, -0.25) is 4.79 Å². The van der Waals surface area contributed by atoms with E-state index in [9.17, 15) is 4.79 Å². The molecule has 0 aromatic heterocycles. The Kier molecular flexibility index (Phi) is 3.39. The van der Waals surface area contributed by atoms with E-state index >= 15 is 0 Å². The molecule has 2 aromatic rings. The predicted octanol–water partition coefficient (Wildman–Crippen LogP) is 2.68. The summed E-state index contributed by atoms with van der Waals surface area (Å²) < 4.78 is 11.2. The Hall–Kier alpha value is -2.33. The minimum absolute atomic E-state index is 0.116. The van der Waals surface area contributed by atoms with E-state index in [-0.39, 0.29) is 5.91 Å². The smallest absolute Gasteiger partial charge is 0.254 e. The predicted molar refractivity (Wildman–Crippen MR) is 79.3 cm³/mol. The standard InChI is InChI=1S/C17H17NO3/c1-3-21-17(12-8-10-13(20-2)11-9-12)15-7-5-4-6-14(15)16(19)18-17/h4-11H,3H2,1-2H3,(H,18,19). The maximum absolute atomic E-state index is 12.2. The number of ether oxygens (including phenoxy) is 2. The van der Waals surface area contributed by atoms with Crippen LogP contribution >= 0.6 is 0 Å². The zero-order chi connectivity index (χ0) is 14.9. The van der Waals surface area contributed by atoms with Gasteiger partial charge < -0.3 is 14.8 Å². The Labute approximate surface area is 123 Å². The lowest BCUT2D eigenvalue weighted by Gasteiger charge is -2.30. The maximum atomic E-state index is 12.2. The van der Waals surface area contributed by atoms with Gasteiger partial charge in [0.25, 0.3) is 5.91 Å². The zero-order valence-corrected chi connectivity index (χ0v) is 12.1. The Balaban J connectivity index is 2.15. The Morgan fingerprint density at radius 3 is 2.48 bits per heavy atom. The highest BCUT2D eigenvalue weighted by molar-refractivity contribution is 6.00. The molecule has 21 heavy (non-hydrogen) atoms. The molecule has 0 aliphatic carbocycles. The first-order valence-electron chi connectivity index (χ1n) is 6.92. The van der Waals surface area contributed by atoms with Gasteiger partial charge in [0.15, 0.2) is 5.72 Å². The van der Waals surface area contributed by atoms with Crippen LogP contribution in [0.3, 0.4) is 0 Å². The molecule has 1 amide bonds. The van der Waals surface area contributed by atoms with Crippen LogP contribution in [0, 0.1) is 0 Å². The molecule has 4 nitrogen and oxygen atoms in total. The van der Waals surface area contributed by atoms with Crippen molar-refractivity contribution in [2.75, 3.05) is 13.7 Å². The quantitative estimate of drug-likeness (QED) is 0.938. The van der Waals surface area contributed by atoms with Crippen molar-refractivity contribution in [1.29, 1.82) is 0 Å². The molecular weight excluding hydrogens is 266 g/mol. The third-order valence-electron chi connectivity index (χ3n) is 3.70. The van der Waals surface area contributed by atoms with Gasteiger partial charge in [0.05, 0.1) is 7.11 Å². The summed E-state index contributed by atoms with van der Waals surface area (Å²) in [6, 6.07) is 15.1. The molecule has 108 valence electrons. The van der Waals surface area contributed by atoms with Crippen LogP contribution in [-0.2, 0) is 10.5 Å². The molecule has 1 N–H and O–H groups in total. The third kappa shape index (κ3) is 2.08. The fourth-order valence-electron chi connectivity index (χ4n) is 2.75. The molecule has 1 aliphatic heterocycles. The Bertz CT molecular complexity index is 666. The second-order valence-electron chi connectivity index (χ2n) is 4.84. The molecule has 0 bridgehead atoms.